The van der Waals surface area contributed by atoms with Crippen molar-refractivity contribution in [2.75, 3.05) is 10.6 Å². The highest BCUT2D eigenvalue weighted by molar-refractivity contribution is 6.30. The van der Waals surface area contributed by atoms with E-state index in [-0.39, 0.29) is 5.69 Å². The Morgan fingerprint density at radius 1 is 1.16 bits per heavy atom. The Morgan fingerprint density at radius 2 is 1.91 bits per heavy atom. The molecule has 0 bridgehead atoms. The van der Waals surface area contributed by atoms with Gasteiger partial charge in [-0.05, 0) is 63.6 Å². The van der Waals surface area contributed by atoms with Gasteiger partial charge in [0.1, 0.15) is 11.4 Å². The van der Waals surface area contributed by atoms with Crippen molar-refractivity contribution in [2.24, 2.45) is 0 Å². The summed E-state index contributed by atoms with van der Waals surface area (Å²) in [5, 5.41) is 9.97. The lowest BCUT2D eigenvalue weighted by Crippen LogP contribution is -2.27. The molecule has 0 aliphatic carbocycles. The van der Waals surface area contributed by atoms with Crippen LogP contribution in [0.15, 0.2) is 48.7 Å². The predicted octanol–water partition coefficient (Wildman–Crippen LogP) is 5.83. The molecule has 0 spiro atoms. The summed E-state index contributed by atoms with van der Waals surface area (Å²) in [6.07, 6.45) is 1.22. The van der Waals surface area contributed by atoms with Gasteiger partial charge in [-0.2, -0.15) is 5.10 Å². The van der Waals surface area contributed by atoms with E-state index in [4.69, 9.17) is 16.3 Å². The second-order valence-corrected chi connectivity index (χ2v) is 8.46. The molecule has 7 nitrogen and oxygen atoms in total. The van der Waals surface area contributed by atoms with Crippen LogP contribution in [0.2, 0.25) is 5.02 Å². The Morgan fingerprint density at radius 3 is 2.56 bits per heavy atom. The predicted molar refractivity (Wildman–Crippen MR) is 122 cm³/mol. The first-order valence-electron chi connectivity index (χ1n) is 10.0. The number of hydrogen-bond donors (Lipinski definition) is 2. The van der Waals surface area contributed by atoms with E-state index in [9.17, 15) is 14.0 Å². The molecule has 3 rings (SSSR count). The van der Waals surface area contributed by atoms with Gasteiger partial charge >= 0.3 is 6.09 Å². The molecule has 0 saturated carbocycles. The number of hydrogen-bond acceptors (Lipinski definition) is 4. The largest absolute Gasteiger partial charge is 0.444 e. The number of carbonyl (C=O) groups is 2. The van der Waals surface area contributed by atoms with Crippen LogP contribution < -0.4 is 10.6 Å². The molecule has 0 aliphatic rings. The van der Waals surface area contributed by atoms with Crippen LogP contribution in [0.4, 0.5) is 20.6 Å². The molecule has 9 heteroatoms. The molecule has 32 heavy (non-hydrogen) atoms. The Kier molecular flexibility index (Phi) is 6.84. The van der Waals surface area contributed by atoms with Gasteiger partial charge in [0.15, 0.2) is 0 Å². The number of anilines is 2. The molecule has 0 aliphatic heterocycles. The first-order valence-corrected chi connectivity index (χ1v) is 10.4. The van der Waals surface area contributed by atoms with Crippen LogP contribution in [0.1, 0.15) is 43.7 Å². The molecule has 3 aromatic rings. The van der Waals surface area contributed by atoms with Gasteiger partial charge in [-0.1, -0.05) is 24.6 Å². The lowest BCUT2D eigenvalue weighted by Gasteiger charge is -2.20. The number of benzene rings is 2. The van der Waals surface area contributed by atoms with Crippen LogP contribution in [0.3, 0.4) is 0 Å². The smallest absolute Gasteiger partial charge is 0.412 e. The zero-order valence-corrected chi connectivity index (χ0v) is 19.0. The maximum Gasteiger partial charge on any atom is 0.412 e. The molecule has 1 heterocycles. The van der Waals surface area contributed by atoms with Crippen molar-refractivity contribution < 1.29 is 18.7 Å². The highest BCUT2D eigenvalue weighted by Gasteiger charge is 2.20. The minimum Gasteiger partial charge on any atom is -0.444 e. The molecule has 1 aromatic heterocycles. The molecule has 0 radical (unpaired) electrons. The van der Waals surface area contributed by atoms with Gasteiger partial charge in [0.25, 0.3) is 5.91 Å². The summed E-state index contributed by atoms with van der Waals surface area (Å²) in [5.74, 6) is -1.07. The standard InChI is InChI=1S/C23H24ClFN4O3/c1-5-20-17(13-26-29(20)16-8-6-7-14(24)11-16)21(30)27-15-9-10-18(25)19(12-15)28-22(31)32-23(2,3)4/h6-13H,5H2,1-4H3,(H,27,30)(H,28,31). The van der Waals surface area contributed by atoms with Crippen molar-refractivity contribution in [2.45, 2.75) is 39.7 Å². The quantitative estimate of drug-likeness (QED) is 0.504. The minimum atomic E-state index is -0.795. The summed E-state index contributed by atoms with van der Waals surface area (Å²) in [5.41, 5.74) is 1.27. The molecule has 0 saturated heterocycles. The van der Waals surface area contributed by atoms with E-state index in [1.165, 1.54) is 18.3 Å². The Balaban J connectivity index is 1.81. The van der Waals surface area contributed by atoms with E-state index < -0.39 is 23.4 Å². The summed E-state index contributed by atoms with van der Waals surface area (Å²) in [4.78, 5) is 24.9. The van der Waals surface area contributed by atoms with Crippen LogP contribution >= 0.6 is 11.6 Å². The molecule has 0 fully saturated rings. The Hall–Kier alpha value is -3.39. The number of halogens is 2. The van der Waals surface area contributed by atoms with Crippen molar-refractivity contribution >= 4 is 35.0 Å². The van der Waals surface area contributed by atoms with Crippen LogP contribution in [-0.2, 0) is 11.2 Å². The van der Waals surface area contributed by atoms with Crippen molar-refractivity contribution in [3.63, 3.8) is 0 Å². The molecule has 168 valence electrons. The first-order chi connectivity index (χ1) is 15.1. The normalized spacial score (nSPS) is 11.2. The summed E-state index contributed by atoms with van der Waals surface area (Å²) in [6, 6.07) is 11.0. The fourth-order valence-electron chi connectivity index (χ4n) is 3.04. The fourth-order valence-corrected chi connectivity index (χ4v) is 3.23. The van der Waals surface area contributed by atoms with E-state index in [1.54, 1.807) is 43.7 Å². The summed E-state index contributed by atoms with van der Waals surface area (Å²) < 4.78 is 21.0. The first kappa shape index (κ1) is 23.3. The zero-order chi connectivity index (χ0) is 23.5. The third-order valence-electron chi connectivity index (χ3n) is 4.36. The van der Waals surface area contributed by atoms with Gasteiger partial charge in [-0.3, -0.25) is 10.1 Å². The van der Waals surface area contributed by atoms with E-state index in [0.29, 0.717) is 28.4 Å². The number of nitrogens with one attached hydrogen (secondary N) is 2. The lowest BCUT2D eigenvalue weighted by molar-refractivity contribution is 0.0635. The summed E-state index contributed by atoms with van der Waals surface area (Å²) in [7, 11) is 0. The number of ether oxygens (including phenoxy) is 1. The second kappa shape index (κ2) is 9.40. The van der Waals surface area contributed by atoms with Gasteiger partial charge < -0.3 is 10.1 Å². The number of carbonyl (C=O) groups excluding carboxylic acids is 2. The van der Waals surface area contributed by atoms with Crippen LogP contribution in [0.25, 0.3) is 5.69 Å². The maximum atomic E-state index is 14.2. The molecule has 2 N–H and O–H groups in total. The Labute approximate surface area is 190 Å². The molecule has 2 aromatic carbocycles. The average Bonchev–Trinajstić information content (AvgIpc) is 3.13. The van der Waals surface area contributed by atoms with E-state index in [1.807, 2.05) is 13.0 Å². The molecular weight excluding hydrogens is 435 g/mol. The lowest BCUT2D eigenvalue weighted by atomic mass is 10.1. The fraction of sp³-hybridized carbons (Fsp3) is 0.261. The molecular formula is C23H24ClFN4O3. The van der Waals surface area contributed by atoms with Crippen molar-refractivity contribution in [1.82, 2.24) is 9.78 Å². The summed E-state index contributed by atoms with van der Waals surface area (Å²) in [6.45, 7) is 7.02. The van der Waals surface area contributed by atoms with Crippen LogP contribution in [0, 0.1) is 5.82 Å². The highest BCUT2D eigenvalue weighted by atomic mass is 35.5. The molecule has 0 atom stereocenters. The van der Waals surface area contributed by atoms with Gasteiger partial charge in [0.05, 0.1) is 28.8 Å². The maximum absolute atomic E-state index is 14.2. The van der Waals surface area contributed by atoms with Gasteiger partial charge in [-0.15, -0.1) is 0 Å². The number of aromatic nitrogens is 2. The SMILES string of the molecule is CCc1c(C(=O)Nc2ccc(F)c(NC(=O)OC(C)(C)C)c2)cnn1-c1cccc(Cl)c1. The van der Waals surface area contributed by atoms with E-state index >= 15 is 0 Å². The molecule has 2 amide bonds. The van der Waals surface area contributed by atoms with Crippen LogP contribution in [-0.4, -0.2) is 27.4 Å². The number of rotatable bonds is 5. The van der Waals surface area contributed by atoms with Gasteiger partial charge in [0, 0.05) is 10.7 Å². The minimum absolute atomic E-state index is 0.109. The monoisotopic (exact) mass is 458 g/mol. The van der Waals surface area contributed by atoms with Gasteiger partial charge in [0.2, 0.25) is 0 Å². The third kappa shape index (κ3) is 5.64. The van der Waals surface area contributed by atoms with Crippen molar-refractivity contribution in [3.8, 4) is 5.69 Å². The van der Waals surface area contributed by atoms with E-state index in [0.717, 1.165) is 11.8 Å². The second-order valence-electron chi connectivity index (χ2n) is 8.03. The summed E-state index contributed by atoms with van der Waals surface area (Å²) >= 11 is 6.08. The molecule has 0 unspecified atom stereocenters. The highest BCUT2D eigenvalue weighted by Crippen LogP contribution is 2.23. The van der Waals surface area contributed by atoms with Gasteiger partial charge in [-0.25, -0.2) is 13.9 Å². The Bertz CT molecular complexity index is 1150. The van der Waals surface area contributed by atoms with Crippen molar-refractivity contribution in [3.05, 3.63) is 70.8 Å². The number of nitrogens with zero attached hydrogens (tertiary/aromatic N) is 2. The van der Waals surface area contributed by atoms with Crippen LogP contribution in [0.5, 0.6) is 0 Å². The third-order valence-corrected chi connectivity index (χ3v) is 4.60. The zero-order valence-electron chi connectivity index (χ0n) is 18.2. The average molecular weight is 459 g/mol. The van der Waals surface area contributed by atoms with E-state index in [2.05, 4.69) is 15.7 Å². The number of amides is 2. The topological polar surface area (TPSA) is 85.2 Å². The van der Waals surface area contributed by atoms with Crippen molar-refractivity contribution in [1.29, 1.82) is 0 Å².